The molecule has 0 amide bonds. The van der Waals surface area contributed by atoms with Crippen molar-refractivity contribution in [2.24, 2.45) is 0 Å². The number of aromatic nitrogens is 3. The van der Waals surface area contributed by atoms with E-state index in [9.17, 15) is 0 Å². The first kappa shape index (κ1) is 23.8. The Balaban J connectivity index is 0.00000149. The van der Waals surface area contributed by atoms with Gasteiger partial charge < -0.3 is 0 Å². The zero-order valence-corrected chi connectivity index (χ0v) is 20.1. The Bertz CT molecular complexity index is 1240. The van der Waals surface area contributed by atoms with E-state index in [1.54, 1.807) is 0 Å². The zero-order valence-electron chi connectivity index (χ0n) is 20.1. The molecule has 0 radical (unpaired) electrons. The molecule has 0 N–H and O–H groups in total. The Labute approximate surface area is 197 Å². The highest BCUT2D eigenvalue weighted by atomic mass is 15.0. The van der Waals surface area contributed by atoms with Gasteiger partial charge in [-0.15, -0.1) is 0 Å². The van der Waals surface area contributed by atoms with Crippen LogP contribution in [0.25, 0.3) is 39.5 Å². The van der Waals surface area contributed by atoms with E-state index >= 15 is 0 Å². The van der Waals surface area contributed by atoms with Gasteiger partial charge >= 0.3 is 0 Å². The average molecular weight is 434 g/mol. The van der Waals surface area contributed by atoms with Gasteiger partial charge in [-0.3, -0.25) is 0 Å². The highest BCUT2D eigenvalue weighted by Gasteiger charge is 2.13. The molecular formula is C30H31N3. The third-order valence-electron chi connectivity index (χ3n) is 5.03. The Kier molecular flexibility index (Phi) is 8.43. The monoisotopic (exact) mass is 433 g/mol. The maximum Gasteiger partial charge on any atom is 0.164 e. The van der Waals surface area contributed by atoms with Gasteiger partial charge in [0.15, 0.2) is 17.5 Å². The second kappa shape index (κ2) is 11.7. The van der Waals surface area contributed by atoms with E-state index in [4.69, 9.17) is 15.0 Å². The molecule has 0 atom stereocenters. The van der Waals surface area contributed by atoms with E-state index in [1.807, 2.05) is 82.3 Å². The Morgan fingerprint density at radius 2 is 1.18 bits per heavy atom. The first-order valence-corrected chi connectivity index (χ1v) is 11.5. The first-order chi connectivity index (χ1) is 16.2. The predicted octanol–water partition coefficient (Wildman–Crippen LogP) is 8.19. The molecule has 0 fully saturated rings. The van der Waals surface area contributed by atoms with Gasteiger partial charge in [0.05, 0.1) is 0 Å². The molecule has 0 unspecified atom stereocenters. The maximum absolute atomic E-state index is 4.85. The van der Waals surface area contributed by atoms with Crippen molar-refractivity contribution in [2.75, 3.05) is 0 Å². The fourth-order valence-corrected chi connectivity index (χ4v) is 3.54. The average Bonchev–Trinajstić information content (AvgIpc) is 2.89. The normalized spacial score (nSPS) is 11.2. The second-order valence-corrected chi connectivity index (χ2v) is 7.37. The summed E-state index contributed by atoms with van der Waals surface area (Å²) in [5, 5.41) is 0. The molecule has 0 aliphatic rings. The summed E-state index contributed by atoms with van der Waals surface area (Å²) in [6.45, 7) is 10.1. The van der Waals surface area contributed by atoms with E-state index < -0.39 is 0 Å². The van der Waals surface area contributed by atoms with Crippen molar-refractivity contribution in [3.05, 3.63) is 108 Å². The van der Waals surface area contributed by atoms with Crippen molar-refractivity contribution in [3.8, 4) is 33.9 Å². The smallest absolute Gasteiger partial charge is 0.164 e. The Hall–Kier alpha value is -3.85. The quantitative estimate of drug-likeness (QED) is 0.298. The van der Waals surface area contributed by atoms with Crippen LogP contribution in [0.1, 0.15) is 39.1 Å². The number of hydrogen-bond acceptors (Lipinski definition) is 3. The summed E-state index contributed by atoms with van der Waals surface area (Å²) in [5.41, 5.74) is 6.42. The van der Waals surface area contributed by atoms with Crippen molar-refractivity contribution in [1.82, 2.24) is 15.0 Å². The van der Waals surface area contributed by atoms with Crippen molar-refractivity contribution >= 4 is 5.57 Å². The van der Waals surface area contributed by atoms with Crippen LogP contribution < -0.4 is 0 Å². The van der Waals surface area contributed by atoms with Crippen molar-refractivity contribution < 1.29 is 0 Å². The number of aryl methyl sites for hydroxylation is 1. The van der Waals surface area contributed by atoms with Gasteiger partial charge in [0.25, 0.3) is 0 Å². The molecule has 0 spiro atoms. The third-order valence-corrected chi connectivity index (χ3v) is 5.03. The molecule has 3 heteroatoms. The lowest BCUT2D eigenvalue weighted by Gasteiger charge is -2.11. The van der Waals surface area contributed by atoms with Gasteiger partial charge in [-0.05, 0) is 49.6 Å². The van der Waals surface area contributed by atoms with Gasteiger partial charge in [0.1, 0.15) is 0 Å². The number of rotatable bonds is 5. The van der Waals surface area contributed by atoms with Crippen LogP contribution in [0.3, 0.4) is 0 Å². The molecule has 3 nitrogen and oxygen atoms in total. The van der Waals surface area contributed by atoms with Gasteiger partial charge in [0.2, 0.25) is 0 Å². The zero-order chi connectivity index (χ0) is 23.6. The van der Waals surface area contributed by atoms with E-state index in [-0.39, 0.29) is 0 Å². The fraction of sp³-hybridized carbons (Fsp3) is 0.167. The lowest BCUT2D eigenvalue weighted by atomic mass is 10.00. The topological polar surface area (TPSA) is 38.7 Å². The lowest BCUT2D eigenvalue weighted by molar-refractivity contribution is 1.04. The summed E-state index contributed by atoms with van der Waals surface area (Å²) < 4.78 is 0. The Morgan fingerprint density at radius 1 is 0.636 bits per heavy atom. The van der Waals surface area contributed by atoms with Crippen LogP contribution in [0, 0.1) is 6.92 Å². The van der Waals surface area contributed by atoms with Crippen LogP contribution in [0.2, 0.25) is 0 Å². The van der Waals surface area contributed by atoms with Crippen LogP contribution in [0.5, 0.6) is 0 Å². The summed E-state index contributed by atoms with van der Waals surface area (Å²) in [5.74, 6) is 2.02. The molecule has 1 aromatic heterocycles. The molecule has 1 heterocycles. The minimum atomic E-state index is 0.673. The minimum Gasteiger partial charge on any atom is -0.208 e. The molecule has 0 aliphatic carbocycles. The molecule has 4 rings (SSSR count). The fourth-order valence-electron chi connectivity index (χ4n) is 3.54. The molecule has 33 heavy (non-hydrogen) atoms. The van der Waals surface area contributed by atoms with E-state index in [0.717, 1.165) is 22.3 Å². The summed E-state index contributed by atoms with van der Waals surface area (Å²) in [7, 11) is 0. The van der Waals surface area contributed by atoms with Gasteiger partial charge in [-0.1, -0.05) is 98.8 Å². The third kappa shape index (κ3) is 5.89. The van der Waals surface area contributed by atoms with E-state index in [1.165, 1.54) is 11.1 Å². The first-order valence-electron chi connectivity index (χ1n) is 11.5. The van der Waals surface area contributed by atoms with E-state index in [2.05, 4.69) is 49.4 Å². The SMILES string of the molecule is C/C=C\C(=C/C)c1nc(-c2ccccc2)nc(-c2cc(C)cc(-c3ccccc3)c2)n1.CC. The Morgan fingerprint density at radius 3 is 1.76 bits per heavy atom. The predicted molar refractivity (Wildman–Crippen MR) is 141 cm³/mol. The van der Waals surface area contributed by atoms with Gasteiger partial charge in [-0.25, -0.2) is 15.0 Å². The molecule has 4 aromatic rings. The molecule has 0 aliphatic heterocycles. The number of nitrogens with zero attached hydrogens (tertiary/aromatic N) is 3. The standard InChI is InChI=1S/C28H25N3.C2H6/c1-4-12-21(5-2)26-29-27(23-15-10-7-11-16-23)31-28(30-26)25-18-20(3)17-24(19-25)22-13-8-6-9-14-22;1-2/h4-19H,1-3H3;1-2H3/b12-4-,21-5+;. The summed E-state index contributed by atoms with van der Waals surface area (Å²) >= 11 is 0. The lowest BCUT2D eigenvalue weighted by Crippen LogP contribution is -2.02. The second-order valence-electron chi connectivity index (χ2n) is 7.37. The summed E-state index contributed by atoms with van der Waals surface area (Å²) in [6, 6.07) is 26.9. The van der Waals surface area contributed by atoms with Crippen molar-refractivity contribution in [3.63, 3.8) is 0 Å². The molecular weight excluding hydrogens is 402 g/mol. The summed E-state index contributed by atoms with van der Waals surface area (Å²) in [6.07, 6.45) is 6.06. The van der Waals surface area contributed by atoms with Crippen molar-refractivity contribution in [1.29, 1.82) is 0 Å². The molecule has 3 aromatic carbocycles. The van der Waals surface area contributed by atoms with Crippen LogP contribution in [-0.4, -0.2) is 15.0 Å². The largest absolute Gasteiger partial charge is 0.208 e. The number of hydrogen-bond donors (Lipinski definition) is 0. The minimum absolute atomic E-state index is 0.673. The highest BCUT2D eigenvalue weighted by molar-refractivity contribution is 5.75. The molecule has 0 bridgehead atoms. The highest BCUT2D eigenvalue weighted by Crippen LogP contribution is 2.28. The van der Waals surface area contributed by atoms with Gasteiger partial charge in [-0.2, -0.15) is 0 Å². The molecule has 0 saturated carbocycles. The van der Waals surface area contributed by atoms with Crippen molar-refractivity contribution in [2.45, 2.75) is 34.6 Å². The molecule has 166 valence electrons. The summed E-state index contributed by atoms with van der Waals surface area (Å²) in [4.78, 5) is 14.5. The van der Waals surface area contributed by atoms with Crippen LogP contribution in [0.4, 0.5) is 0 Å². The van der Waals surface area contributed by atoms with Crippen LogP contribution in [0.15, 0.2) is 97.1 Å². The number of allylic oxidation sites excluding steroid dienone is 4. The maximum atomic E-state index is 4.85. The molecule has 0 saturated heterocycles. The van der Waals surface area contributed by atoms with E-state index in [0.29, 0.717) is 17.5 Å². The van der Waals surface area contributed by atoms with Gasteiger partial charge in [0, 0.05) is 16.7 Å². The van der Waals surface area contributed by atoms with Crippen LogP contribution >= 0.6 is 0 Å². The number of benzene rings is 3. The van der Waals surface area contributed by atoms with Crippen LogP contribution in [-0.2, 0) is 0 Å².